The predicted octanol–water partition coefficient (Wildman–Crippen LogP) is 2.96. The number of nitrogens with zero attached hydrogens (tertiary/aromatic N) is 3. The average Bonchev–Trinajstić information content (AvgIpc) is 3.10. The Morgan fingerprint density at radius 2 is 1.89 bits per heavy atom. The first-order chi connectivity index (χ1) is 13.5. The molecule has 2 heterocycles. The number of thiazole rings is 1. The summed E-state index contributed by atoms with van der Waals surface area (Å²) in [6, 6.07) is 6.76. The lowest BCUT2D eigenvalue weighted by Gasteiger charge is -2.34. The third-order valence-corrected chi connectivity index (χ3v) is 5.81. The van der Waals surface area contributed by atoms with Gasteiger partial charge in [-0.2, -0.15) is 0 Å². The van der Waals surface area contributed by atoms with Crippen LogP contribution in [0, 0.1) is 6.92 Å². The Bertz CT molecular complexity index is 801. The van der Waals surface area contributed by atoms with Gasteiger partial charge in [-0.15, -0.1) is 11.3 Å². The van der Waals surface area contributed by atoms with Crippen LogP contribution < -0.4 is 5.32 Å². The van der Waals surface area contributed by atoms with E-state index in [1.807, 2.05) is 11.8 Å². The van der Waals surface area contributed by atoms with Crippen LogP contribution in [-0.4, -0.2) is 59.3 Å². The van der Waals surface area contributed by atoms with Gasteiger partial charge in [0.1, 0.15) is 0 Å². The number of piperazine rings is 1. The third-order valence-electron chi connectivity index (χ3n) is 4.74. The Balaban J connectivity index is 1.32. The van der Waals surface area contributed by atoms with E-state index in [0.29, 0.717) is 30.0 Å². The minimum atomic E-state index is -0.144. The molecule has 1 N–H and O–H groups in total. The number of aromatic nitrogens is 1. The Hall–Kier alpha value is -1.96. The Kier molecular flexibility index (Phi) is 7.42. The van der Waals surface area contributed by atoms with E-state index in [-0.39, 0.29) is 11.8 Å². The van der Waals surface area contributed by atoms with Crippen LogP contribution >= 0.6 is 22.9 Å². The summed E-state index contributed by atoms with van der Waals surface area (Å²) in [6.07, 6.45) is 1.09. The number of hydrogen-bond acceptors (Lipinski definition) is 5. The van der Waals surface area contributed by atoms with Gasteiger partial charge in [0.2, 0.25) is 5.91 Å². The van der Waals surface area contributed by atoms with Crippen molar-refractivity contribution in [1.29, 1.82) is 0 Å². The van der Waals surface area contributed by atoms with Crippen molar-refractivity contribution in [2.45, 2.75) is 26.3 Å². The molecule has 0 unspecified atom stereocenters. The molecule has 2 aromatic rings. The first-order valence-corrected chi connectivity index (χ1v) is 10.7. The molecule has 2 amide bonds. The third kappa shape index (κ3) is 6.02. The van der Waals surface area contributed by atoms with Crippen LogP contribution in [0.1, 0.15) is 33.9 Å². The van der Waals surface area contributed by atoms with Crippen molar-refractivity contribution in [3.8, 4) is 0 Å². The summed E-state index contributed by atoms with van der Waals surface area (Å²) in [7, 11) is 0. The van der Waals surface area contributed by atoms with Crippen LogP contribution in [0.25, 0.3) is 0 Å². The number of nitrogens with one attached hydrogen (secondary N) is 1. The molecule has 1 aromatic heterocycles. The van der Waals surface area contributed by atoms with Gasteiger partial charge in [0.15, 0.2) is 0 Å². The fourth-order valence-electron chi connectivity index (χ4n) is 3.17. The highest BCUT2D eigenvalue weighted by molar-refractivity contribution is 7.09. The standard InChI is InChI=1S/C20H25ClN4O2S/c1-15-23-18(14-28-15)13-24-9-11-25(12-10-24)19(26)3-2-8-22-20(27)16-4-6-17(21)7-5-16/h4-7,14H,2-3,8-13H2,1H3,(H,22,27). The number of halogens is 1. The van der Waals surface area contributed by atoms with Crippen LogP contribution in [0.5, 0.6) is 0 Å². The summed E-state index contributed by atoms with van der Waals surface area (Å²) in [6.45, 7) is 6.59. The van der Waals surface area contributed by atoms with E-state index in [9.17, 15) is 9.59 Å². The number of amides is 2. The summed E-state index contributed by atoms with van der Waals surface area (Å²) < 4.78 is 0. The van der Waals surface area contributed by atoms with E-state index in [0.717, 1.165) is 43.4 Å². The Morgan fingerprint density at radius 1 is 1.18 bits per heavy atom. The molecule has 3 rings (SSSR count). The van der Waals surface area contributed by atoms with Gasteiger partial charge >= 0.3 is 0 Å². The molecule has 6 nitrogen and oxygen atoms in total. The van der Waals surface area contributed by atoms with E-state index in [1.54, 1.807) is 35.6 Å². The highest BCUT2D eigenvalue weighted by atomic mass is 35.5. The molecule has 1 saturated heterocycles. The van der Waals surface area contributed by atoms with Crippen molar-refractivity contribution in [2.75, 3.05) is 32.7 Å². The SMILES string of the molecule is Cc1nc(CN2CCN(C(=O)CCCNC(=O)c3ccc(Cl)cc3)CC2)cs1. The predicted molar refractivity (Wildman–Crippen MR) is 112 cm³/mol. The van der Waals surface area contributed by atoms with Crippen LogP contribution in [0.15, 0.2) is 29.6 Å². The summed E-state index contributed by atoms with van der Waals surface area (Å²) in [5, 5.41) is 6.64. The van der Waals surface area contributed by atoms with Gasteiger partial charge < -0.3 is 10.2 Å². The fourth-order valence-corrected chi connectivity index (χ4v) is 3.90. The monoisotopic (exact) mass is 420 g/mol. The molecule has 1 aliphatic heterocycles. The molecule has 150 valence electrons. The first kappa shape index (κ1) is 20.8. The van der Waals surface area contributed by atoms with Crippen molar-refractivity contribution < 1.29 is 9.59 Å². The van der Waals surface area contributed by atoms with Gasteiger partial charge in [-0.05, 0) is 37.6 Å². The van der Waals surface area contributed by atoms with Gasteiger partial charge in [-0.1, -0.05) is 11.6 Å². The molecular formula is C20H25ClN4O2S. The van der Waals surface area contributed by atoms with Crippen molar-refractivity contribution in [1.82, 2.24) is 20.1 Å². The van der Waals surface area contributed by atoms with Gasteiger partial charge in [-0.25, -0.2) is 4.98 Å². The fraction of sp³-hybridized carbons (Fsp3) is 0.450. The average molecular weight is 421 g/mol. The van der Waals surface area contributed by atoms with E-state index < -0.39 is 0 Å². The lowest BCUT2D eigenvalue weighted by molar-refractivity contribution is -0.133. The molecule has 1 aliphatic rings. The topological polar surface area (TPSA) is 65.5 Å². The zero-order valence-electron chi connectivity index (χ0n) is 16.0. The van der Waals surface area contributed by atoms with Crippen LogP contribution in [-0.2, 0) is 11.3 Å². The second kappa shape index (κ2) is 10.0. The highest BCUT2D eigenvalue weighted by Crippen LogP contribution is 2.13. The summed E-state index contributed by atoms with van der Waals surface area (Å²) in [5.41, 5.74) is 1.68. The Labute approximate surface area is 174 Å². The molecule has 1 fully saturated rings. The van der Waals surface area contributed by atoms with Crippen LogP contribution in [0.4, 0.5) is 0 Å². The van der Waals surface area contributed by atoms with E-state index in [1.165, 1.54) is 0 Å². The summed E-state index contributed by atoms with van der Waals surface area (Å²) in [5.74, 6) is 0.0138. The van der Waals surface area contributed by atoms with Gasteiger partial charge in [0.05, 0.1) is 10.7 Å². The minimum Gasteiger partial charge on any atom is -0.352 e. The molecule has 0 saturated carbocycles. The largest absolute Gasteiger partial charge is 0.352 e. The number of rotatable bonds is 7. The molecule has 0 atom stereocenters. The maximum Gasteiger partial charge on any atom is 0.251 e. The normalized spacial score (nSPS) is 14.9. The Morgan fingerprint density at radius 3 is 2.54 bits per heavy atom. The molecule has 0 spiro atoms. The zero-order chi connectivity index (χ0) is 19.9. The lowest BCUT2D eigenvalue weighted by Crippen LogP contribution is -2.48. The second-order valence-electron chi connectivity index (χ2n) is 6.88. The maximum absolute atomic E-state index is 12.4. The van der Waals surface area contributed by atoms with Crippen molar-refractivity contribution in [2.24, 2.45) is 0 Å². The minimum absolute atomic E-state index is 0.144. The lowest BCUT2D eigenvalue weighted by atomic mass is 10.2. The molecule has 1 aromatic carbocycles. The van der Waals surface area contributed by atoms with Gasteiger partial charge in [0, 0.05) is 61.7 Å². The maximum atomic E-state index is 12.4. The second-order valence-corrected chi connectivity index (χ2v) is 8.38. The van der Waals surface area contributed by atoms with Gasteiger partial charge in [-0.3, -0.25) is 14.5 Å². The summed E-state index contributed by atoms with van der Waals surface area (Å²) in [4.78, 5) is 33.2. The first-order valence-electron chi connectivity index (χ1n) is 9.46. The number of carbonyl (C=O) groups is 2. The smallest absolute Gasteiger partial charge is 0.251 e. The zero-order valence-corrected chi connectivity index (χ0v) is 17.6. The van der Waals surface area contributed by atoms with Crippen molar-refractivity contribution in [3.05, 3.63) is 50.9 Å². The molecule has 0 bridgehead atoms. The highest BCUT2D eigenvalue weighted by Gasteiger charge is 2.21. The van der Waals surface area contributed by atoms with E-state index in [2.05, 4.69) is 20.6 Å². The quantitative estimate of drug-likeness (QED) is 0.699. The van der Waals surface area contributed by atoms with Gasteiger partial charge in [0.25, 0.3) is 5.91 Å². The van der Waals surface area contributed by atoms with Crippen molar-refractivity contribution in [3.63, 3.8) is 0 Å². The van der Waals surface area contributed by atoms with Crippen LogP contribution in [0.2, 0.25) is 5.02 Å². The molecule has 0 aliphatic carbocycles. The number of carbonyl (C=O) groups excluding carboxylic acids is 2. The number of hydrogen-bond donors (Lipinski definition) is 1. The molecule has 8 heteroatoms. The van der Waals surface area contributed by atoms with Crippen LogP contribution in [0.3, 0.4) is 0 Å². The molecule has 28 heavy (non-hydrogen) atoms. The molecule has 0 radical (unpaired) electrons. The molecular weight excluding hydrogens is 396 g/mol. The number of aryl methyl sites for hydroxylation is 1. The van der Waals surface area contributed by atoms with E-state index >= 15 is 0 Å². The van der Waals surface area contributed by atoms with E-state index in [4.69, 9.17) is 11.6 Å². The van der Waals surface area contributed by atoms with Crippen molar-refractivity contribution >= 4 is 34.8 Å². The summed E-state index contributed by atoms with van der Waals surface area (Å²) >= 11 is 7.50. The number of benzene rings is 1.